The molecule has 0 aliphatic carbocycles. The van der Waals surface area contributed by atoms with Crippen LogP contribution in [0.2, 0.25) is 0 Å². The first-order chi connectivity index (χ1) is 14.2. The highest BCUT2D eigenvalue weighted by Crippen LogP contribution is 2.35. The number of carbonyl (C=O) groups excluding carboxylic acids is 1. The standard InChI is InChI=1S/C23H36F3N3O2/c1-9-11-12-27-17(4)20(19(10-2)23(24,25)26)18(5)28-13-14-29(16(3)15-28)21(30)31-22(6,7)8/h10-12,16H,9,13-15H2,1-8H3/b12-11+,19-10+,20-18-,27-17-. The topological polar surface area (TPSA) is 45.1 Å². The van der Waals surface area contributed by atoms with Gasteiger partial charge in [-0.15, -0.1) is 0 Å². The molecule has 0 aromatic carbocycles. The number of aliphatic imine (C=N–C) groups is 1. The van der Waals surface area contributed by atoms with Crippen LogP contribution in [0.3, 0.4) is 0 Å². The number of piperazine rings is 1. The number of alkyl halides is 3. The summed E-state index contributed by atoms with van der Waals surface area (Å²) in [5, 5.41) is 0. The molecule has 1 heterocycles. The Labute approximate surface area is 184 Å². The second-order valence-electron chi connectivity index (χ2n) is 8.64. The van der Waals surface area contributed by atoms with E-state index in [0.717, 1.165) is 12.5 Å². The molecule has 1 unspecified atom stereocenters. The fourth-order valence-corrected chi connectivity index (χ4v) is 3.45. The van der Waals surface area contributed by atoms with Crippen LogP contribution in [0.15, 0.2) is 40.2 Å². The van der Waals surface area contributed by atoms with E-state index in [0.29, 0.717) is 31.0 Å². The molecule has 1 aliphatic heterocycles. The SMILES string of the molecule is C\C=C(C(/C(C)=N\C=C\CC)=C(/C)N1CCN(C(=O)OC(C)(C)C)C(C)C1)\C(F)(F)F. The minimum atomic E-state index is -4.50. The molecule has 0 radical (unpaired) electrons. The second kappa shape index (κ2) is 10.9. The van der Waals surface area contributed by atoms with Crippen LogP contribution in [0.5, 0.6) is 0 Å². The lowest BCUT2D eigenvalue weighted by molar-refractivity contribution is -0.0891. The monoisotopic (exact) mass is 443 g/mol. The summed E-state index contributed by atoms with van der Waals surface area (Å²) in [6.45, 7) is 15.0. The smallest absolute Gasteiger partial charge is 0.416 e. The van der Waals surface area contributed by atoms with Crippen molar-refractivity contribution in [3.8, 4) is 0 Å². The Bertz CT molecular complexity index is 759. The van der Waals surface area contributed by atoms with Crippen LogP contribution in [-0.2, 0) is 4.74 Å². The van der Waals surface area contributed by atoms with Crippen LogP contribution in [-0.4, -0.2) is 59.1 Å². The molecule has 0 aromatic heterocycles. The van der Waals surface area contributed by atoms with Crippen LogP contribution >= 0.6 is 0 Å². The lowest BCUT2D eigenvalue weighted by Gasteiger charge is -2.42. The fraction of sp³-hybridized carbons (Fsp3) is 0.652. The summed E-state index contributed by atoms with van der Waals surface area (Å²) in [5.41, 5.74) is -0.446. The number of allylic oxidation sites excluding steroid dienone is 5. The van der Waals surface area contributed by atoms with Gasteiger partial charge in [0.25, 0.3) is 0 Å². The molecule has 31 heavy (non-hydrogen) atoms. The number of halogens is 3. The first kappa shape index (κ1) is 26.8. The molecular weight excluding hydrogens is 407 g/mol. The van der Waals surface area contributed by atoms with Crippen molar-refractivity contribution >= 4 is 11.8 Å². The third-order valence-corrected chi connectivity index (χ3v) is 4.93. The van der Waals surface area contributed by atoms with Gasteiger partial charge in [0.1, 0.15) is 5.60 Å². The van der Waals surface area contributed by atoms with Gasteiger partial charge in [0.15, 0.2) is 0 Å². The number of carbonyl (C=O) groups is 1. The van der Waals surface area contributed by atoms with E-state index >= 15 is 0 Å². The molecule has 0 saturated carbocycles. The maximum absolute atomic E-state index is 13.8. The van der Waals surface area contributed by atoms with Crippen molar-refractivity contribution in [3.05, 3.63) is 35.2 Å². The molecule has 1 fully saturated rings. The Kier molecular flexibility index (Phi) is 9.39. The number of rotatable bonds is 5. The van der Waals surface area contributed by atoms with Crippen LogP contribution in [0.1, 0.15) is 61.8 Å². The van der Waals surface area contributed by atoms with E-state index < -0.39 is 23.4 Å². The summed E-state index contributed by atoms with van der Waals surface area (Å²) in [6, 6.07) is -0.211. The predicted molar refractivity (Wildman–Crippen MR) is 119 cm³/mol. The quantitative estimate of drug-likeness (QED) is 0.381. The van der Waals surface area contributed by atoms with Gasteiger partial charge < -0.3 is 14.5 Å². The van der Waals surface area contributed by atoms with E-state index in [4.69, 9.17) is 4.74 Å². The maximum Gasteiger partial charge on any atom is 0.416 e. The Morgan fingerprint density at radius 2 is 1.81 bits per heavy atom. The summed E-state index contributed by atoms with van der Waals surface area (Å²) < 4.78 is 46.8. The van der Waals surface area contributed by atoms with E-state index in [1.807, 2.05) is 18.7 Å². The number of amides is 1. The highest BCUT2D eigenvalue weighted by Gasteiger charge is 2.38. The van der Waals surface area contributed by atoms with Gasteiger partial charge in [0, 0.05) is 48.9 Å². The average Bonchev–Trinajstić information content (AvgIpc) is 2.62. The van der Waals surface area contributed by atoms with Crippen molar-refractivity contribution in [1.29, 1.82) is 0 Å². The van der Waals surface area contributed by atoms with E-state index in [-0.39, 0.29) is 11.6 Å². The molecule has 176 valence electrons. The number of hydrogen-bond acceptors (Lipinski definition) is 4. The van der Waals surface area contributed by atoms with Crippen molar-refractivity contribution in [2.75, 3.05) is 19.6 Å². The van der Waals surface area contributed by atoms with Crippen LogP contribution in [0.25, 0.3) is 0 Å². The summed E-state index contributed by atoms with van der Waals surface area (Å²) in [6.07, 6.45) is 0.251. The minimum absolute atomic E-state index is 0.0775. The Hall–Kier alpha value is -2.25. The maximum atomic E-state index is 13.8. The van der Waals surface area contributed by atoms with Crippen LogP contribution in [0, 0.1) is 0 Å². The third kappa shape index (κ3) is 7.74. The molecule has 0 aromatic rings. The molecule has 1 amide bonds. The molecular formula is C23H36F3N3O2. The Morgan fingerprint density at radius 1 is 1.19 bits per heavy atom. The molecule has 0 bridgehead atoms. The average molecular weight is 444 g/mol. The van der Waals surface area contributed by atoms with Crippen molar-refractivity contribution in [2.45, 2.75) is 79.6 Å². The first-order valence-corrected chi connectivity index (χ1v) is 10.6. The molecule has 1 atom stereocenters. The number of nitrogens with zero attached hydrogens (tertiary/aromatic N) is 3. The van der Waals surface area contributed by atoms with Crippen LogP contribution in [0.4, 0.5) is 18.0 Å². The highest BCUT2D eigenvalue weighted by molar-refractivity contribution is 6.03. The van der Waals surface area contributed by atoms with Crippen molar-refractivity contribution in [3.63, 3.8) is 0 Å². The molecule has 1 rings (SSSR count). The van der Waals surface area contributed by atoms with Crippen molar-refractivity contribution in [1.82, 2.24) is 9.80 Å². The lowest BCUT2D eigenvalue weighted by atomic mass is 9.97. The van der Waals surface area contributed by atoms with Crippen molar-refractivity contribution < 1.29 is 22.7 Å². The predicted octanol–water partition coefficient (Wildman–Crippen LogP) is 6.09. The Balaban J connectivity index is 3.28. The summed E-state index contributed by atoms with van der Waals surface area (Å²) in [4.78, 5) is 20.2. The van der Waals surface area contributed by atoms with Gasteiger partial charge in [-0.3, -0.25) is 4.99 Å². The van der Waals surface area contributed by atoms with E-state index in [1.165, 1.54) is 13.1 Å². The summed E-state index contributed by atoms with van der Waals surface area (Å²) in [7, 11) is 0. The summed E-state index contributed by atoms with van der Waals surface area (Å²) >= 11 is 0. The third-order valence-electron chi connectivity index (χ3n) is 4.93. The van der Waals surface area contributed by atoms with Gasteiger partial charge in [0.2, 0.25) is 0 Å². The zero-order valence-corrected chi connectivity index (χ0v) is 19.9. The zero-order valence-electron chi connectivity index (χ0n) is 19.9. The molecule has 0 N–H and O–H groups in total. The second-order valence-corrected chi connectivity index (χ2v) is 8.64. The van der Waals surface area contributed by atoms with E-state index in [2.05, 4.69) is 4.99 Å². The van der Waals surface area contributed by atoms with Crippen molar-refractivity contribution in [2.24, 2.45) is 4.99 Å². The van der Waals surface area contributed by atoms with Gasteiger partial charge in [-0.05, 0) is 54.9 Å². The van der Waals surface area contributed by atoms with Gasteiger partial charge in [-0.2, -0.15) is 13.2 Å². The highest BCUT2D eigenvalue weighted by atomic mass is 19.4. The molecule has 1 aliphatic rings. The van der Waals surface area contributed by atoms with Gasteiger partial charge in [0.05, 0.1) is 5.57 Å². The first-order valence-electron chi connectivity index (χ1n) is 10.6. The lowest BCUT2D eigenvalue weighted by Crippen LogP contribution is -2.54. The van der Waals surface area contributed by atoms with Crippen LogP contribution < -0.4 is 0 Å². The number of hydrogen-bond donors (Lipinski definition) is 0. The summed E-state index contributed by atoms with van der Waals surface area (Å²) in [5.74, 6) is 0. The largest absolute Gasteiger partial charge is 0.444 e. The van der Waals surface area contributed by atoms with E-state index in [9.17, 15) is 18.0 Å². The minimum Gasteiger partial charge on any atom is -0.444 e. The Morgan fingerprint density at radius 3 is 2.26 bits per heavy atom. The zero-order chi connectivity index (χ0) is 24.0. The van der Waals surface area contributed by atoms with E-state index in [1.54, 1.807) is 45.6 Å². The van der Waals surface area contributed by atoms with Gasteiger partial charge in [-0.1, -0.05) is 19.1 Å². The molecule has 5 nitrogen and oxygen atoms in total. The fourth-order valence-electron chi connectivity index (χ4n) is 3.45. The molecule has 1 saturated heterocycles. The molecule has 0 spiro atoms. The van der Waals surface area contributed by atoms with Gasteiger partial charge >= 0.3 is 12.3 Å². The van der Waals surface area contributed by atoms with Gasteiger partial charge in [-0.25, -0.2) is 4.79 Å². The normalized spacial score (nSPS) is 20.3. The molecule has 8 heteroatoms. The number of ether oxygens (including phenoxy) is 1.